The number of nitro benzene ring substituents is 1. The minimum Gasteiger partial charge on any atom is -0.342 e. The van der Waals surface area contributed by atoms with Gasteiger partial charge in [-0.1, -0.05) is 78.0 Å². The molecule has 0 saturated carbocycles. The fourth-order valence-corrected chi connectivity index (χ4v) is 5.55. The van der Waals surface area contributed by atoms with Crippen LogP contribution in [0.4, 0.5) is 18.9 Å². The first-order chi connectivity index (χ1) is 21.1. The van der Waals surface area contributed by atoms with Crippen LogP contribution in [-0.2, 0) is 18.3 Å². The number of carbonyl (C=O) groups excluding carboxylic acids is 1. The largest absolute Gasteiger partial charge is 0.416 e. The Morgan fingerprint density at radius 2 is 1.64 bits per heavy atom. The van der Waals surface area contributed by atoms with Crippen LogP contribution in [0.3, 0.4) is 0 Å². The van der Waals surface area contributed by atoms with Gasteiger partial charge in [-0.25, -0.2) is 0 Å². The highest BCUT2D eigenvalue weighted by Crippen LogP contribution is 2.32. The van der Waals surface area contributed by atoms with Crippen molar-refractivity contribution < 1.29 is 22.9 Å². The Balaban J connectivity index is 1.56. The first-order valence-corrected chi connectivity index (χ1v) is 14.5. The minimum absolute atomic E-state index is 0.101. The summed E-state index contributed by atoms with van der Waals surface area (Å²) in [6, 6.07) is 26.5. The van der Waals surface area contributed by atoms with Gasteiger partial charge in [0.05, 0.1) is 16.5 Å². The summed E-state index contributed by atoms with van der Waals surface area (Å²) in [4.78, 5) is 24.2. The quantitative estimate of drug-likeness (QED) is 0.0989. The molecule has 0 spiro atoms. The van der Waals surface area contributed by atoms with Crippen LogP contribution >= 0.6 is 11.8 Å². The Labute approximate surface area is 255 Å². The van der Waals surface area contributed by atoms with E-state index in [1.807, 2.05) is 61.5 Å². The number of benzene rings is 4. The number of nitro groups is 1. The van der Waals surface area contributed by atoms with Crippen molar-refractivity contribution in [1.29, 1.82) is 0 Å². The summed E-state index contributed by atoms with van der Waals surface area (Å²) in [5.41, 5.74) is 2.31. The summed E-state index contributed by atoms with van der Waals surface area (Å²) >= 11 is 1.40. The van der Waals surface area contributed by atoms with E-state index in [1.54, 1.807) is 16.7 Å². The van der Waals surface area contributed by atoms with E-state index in [1.165, 1.54) is 36.0 Å². The van der Waals surface area contributed by atoms with E-state index in [-0.39, 0.29) is 17.7 Å². The van der Waals surface area contributed by atoms with Crippen LogP contribution in [0.15, 0.2) is 108 Å². The maximum Gasteiger partial charge on any atom is 0.416 e. The zero-order valence-electron chi connectivity index (χ0n) is 23.4. The van der Waals surface area contributed by atoms with Crippen LogP contribution in [0.1, 0.15) is 44.5 Å². The Morgan fingerprint density at radius 1 is 0.932 bits per heavy atom. The third-order valence-corrected chi connectivity index (χ3v) is 7.78. The molecular formula is C32H26F3N5O3S. The normalized spacial score (nSPS) is 12.1. The number of alkyl halides is 3. The van der Waals surface area contributed by atoms with Crippen LogP contribution < -0.4 is 5.32 Å². The molecule has 224 valence electrons. The van der Waals surface area contributed by atoms with E-state index in [2.05, 4.69) is 15.5 Å². The maximum absolute atomic E-state index is 13.4. The van der Waals surface area contributed by atoms with E-state index in [0.29, 0.717) is 22.4 Å². The van der Waals surface area contributed by atoms with Gasteiger partial charge in [-0.15, -0.1) is 10.2 Å². The second-order valence-corrected chi connectivity index (χ2v) is 11.0. The molecule has 8 nitrogen and oxygen atoms in total. The van der Waals surface area contributed by atoms with Crippen molar-refractivity contribution in [2.75, 3.05) is 0 Å². The van der Waals surface area contributed by atoms with Gasteiger partial charge in [0.2, 0.25) is 0 Å². The van der Waals surface area contributed by atoms with Crippen molar-refractivity contribution in [2.24, 2.45) is 0 Å². The lowest BCUT2D eigenvalue weighted by Crippen LogP contribution is -2.32. The molecule has 12 heteroatoms. The van der Waals surface area contributed by atoms with E-state index < -0.39 is 28.6 Å². The van der Waals surface area contributed by atoms with Gasteiger partial charge in [0.1, 0.15) is 0 Å². The summed E-state index contributed by atoms with van der Waals surface area (Å²) in [6.45, 7) is 1.99. The number of halogens is 3. The van der Waals surface area contributed by atoms with E-state index in [0.717, 1.165) is 28.8 Å². The number of nitrogens with zero attached hydrogens (tertiary/aromatic N) is 4. The highest BCUT2D eigenvalue weighted by atomic mass is 32.2. The smallest absolute Gasteiger partial charge is 0.342 e. The molecule has 0 fully saturated rings. The molecule has 0 radical (unpaired) electrons. The zero-order valence-corrected chi connectivity index (χ0v) is 24.2. The van der Waals surface area contributed by atoms with Crippen molar-refractivity contribution in [3.63, 3.8) is 0 Å². The molecule has 0 aliphatic carbocycles. The lowest BCUT2D eigenvalue weighted by molar-refractivity contribution is -0.384. The van der Waals surface area contributed by atoms with Gasteiger partial charge in [0.25, 0.3) is 11.6 Å². The van der Waals surface area contributed by atoms with E-state index in [4.69, 9.17) is 0 Å². The molecule has 1 aromatic heterocycles. The van der Waals surface area contributed by atoms with Crippen LogP contribution in [0.2, 0.25) is 0 Å². The molecular weight excluding hydrogens is 591 g/mol. The average Bonchev–Trinajstić information content (AvgIpc) is 3.44. The fourth-order valence-electron chi connectivity index (χ4n) is 4.65. The Bertz CT molecular complexity index is 1780. The number of aromatic nitrogens is 3. The van der Waals surface area contributed by atoms with Crippen LogP contribution in [0.5, 0.6) is 0 Å². The number of amides is 1. The number of thioether (sulfide) groups is 1. The van der Waals surface area contributed by atoms with Crippen molar-refractivity contribution in [1.82, 2.24) is 20.1 Å². The third-order valence-electron chi connectivity index (χ3n) is 6.78. The number of aryl methyl sites for hydroxylation is 1. The monoisotopic (exact) mass is 617 g/mol. The van der Waals surface area contributed by atoms with Gasteiger partial charge in [-0.2, -0.15) is 13.2 Å². The summed E-state index contributed by atoms with van der Waals surface area (Å²) in [5, 5.41) is 23.5. The standard InChI is InChI=1S/C32H26F3N5O3S/c1-21-7-5-10-23(17-21)20-44-31-38-37-29(39(31)26-13-15-27(16-14-26)40(42)43)28(18-22-8-3-2-4-9-22)36-30(41)24-11-6-12-25(19-24)32(33,34)35/h2-17,19,28H,18,20H2,1H3,(H,36,41). The lowest BCUT2D eigenvalue weighted by Gasteiger charge is -2.20. The van der Waals surface area contributed by atoms with Crippen molar-refractivity contribution in [2.45, 2.75) is 36.5 Å². The highest BCUT2D eigenvalue weighted by molar-refractivity contribution is 7.98. The Kier molecular flexibility index (Phi) is 9.09. The van der Waals surface area contributed by atoms with Gasteiger partial charge in [-0.05, 0) is 54.8 Å². The SMILES string of the molecule is Cc1cccc(CSc2nnc(C(Cc3ccccc3)NC(=O)c3cccc(C(F)(F)F)c3)n2-c2ccc([N+](=O)[O-])cc2)c1. The molecule has 0 bridgehead atoms. The van der Waals surface area contributed by atoms with Gasteiger partial charge in [0.15, 0.2) is 11.0 Å². The highest BCUT2D eigenvalue weighted by Gasteiger charge is 2.31. The number of hydrogen-bond acceptors (Lipinski definition) is 6. The molecule has 0 saturated heterocycles. The van der Waals surface area contributed by atoms with Gasteiger partial charge >= 0.3 is 6.18 Å². The maximum atomic E-state index is 13.4. The van der Waals surface area contributed by atoms with Crippen molar-refractivity contribution >= 4 is 23.4 Å². The second-order valence-electron chi connectivity index (χ2n) is 10.0. The van der Waals surface area contributed by atoms with Crippen LogP contribution in [0.25, 0.3) is 5.69 Å². The molecule has 5 rings (SSSR count). The third kappa shape index (κ3) is 7.32. The summed E-state index contributed by atoms with van der Waals surface area (Å²) in [6.07, 6.45) is -4.36. The van der Waals surface area contributed by atoms with Crippen molar-refractivity contribution in [3.05, 3.63) is 147 Å². The molecule has 0 aliphatic rings. The van der Waals surface area contributed by atoms with Crippen molar-refractivity contribution in [3.8, 4) is 5.69 Å². The van der Waals surface area contributed by atoms with Gasteiger partial charge in [-0.3, -0.25) is 19.5 Å². The molecule has 1 heterocycles. The molecule has 0 aliphatic heterocycles. The zero-order chi connectivity index (χ0) is 31.3. The van der Waals surface area contributed by atoms with Gasteiger partial charge in [0, 0.05) is 29.1 Å². The Morgan fingerprint density at radius 3 is 2.32 bits per heavy atom. The molecule has 44 heavy (non-hydrogen) atoms. The summed E-state index contributed by atoms with van der Waals surface area (Å²) in [5.74, 6) is 0.145. The fraction of sp³-hybridized carbons (Fsp3) is 0.156. The predicted molar refractivity (Wildman–Crippen MR) is 161 cm³/mol. The number of hydrogen-bond donors (Lipinski definition) is 1. The van der Waals surface area contributed by atoms with Crippen LogP contribution in [0, 0.1) is 17.0 Å². The molecule has 5 aromatic rings. The first-order valence-electron chi connectivity index (χ1n) is 13.5. The van der Waals surface area contributed by atoms with E-state index in [9.17, 15) is 28.1 Å². The molecule has 1 amide bonds. The lowest BCUT2D eigenvalue weighted by atomic mass is 10.0. The first kappa shape index (κ1) is 30.5. The molecule has 1 unspecified atom stereocenters. The molecule has 4 aromatic carbocycles. The second kappa shape index (κ2) is 13.1. The number of carbonyl (C=O) groups is 1. The predicted octanol–water partition coefficient (Wildman–Crippen LogP) is 7.51. The average molecular weight is 618 g/mol. The van der Waals surface area contributed by atoms with E-state index >= 15 is 0 Å². The summed E-state index contributed by atoms with van der Waals surface area (Å²) in [7, 11) is 0. The van der Waals surface area contributed by atoms with Gasteiger partial charge < -0.3 is 5.32 Å². The number of rotatable bonds is 10. The van der Waals surface area contributed by atoms with Crippen LogP contribution in [-0.4, -0.2) is 25.6 Å². The molecule has 1 atom stereocenters. The number of nitrogens with one attached hydrogen (secondary N) is 1. The minimum atomic E-state index is -4.61. The summed E-state index contributed by atoms with van der Waals surface area (Å²) < 4.78 is 41.9. The topological polar surface area (TPSA) is 103 Å². The Hall–Kier alpha value is -4.97. The number of non-ortho nitro benzene ring substituents is 1. The molecule has 1 N–H and O–H groups in total.